The highest BCUT2D eigenvalue weighted by atomic mass is 16.5. The maximum Gasteiger partial charge on any atom is 0.132 e. The molecule has 2 rings (SSSR count). The molecule has 0 aromatic carbocycles. The highest BCUT2D eigenvalue weighted by Gasteiger charge is 2.21. The molecule has 2 unspecified atom stereocenters. The molecule has 0 aromatic rings. The number of carbonyl (C=O) groups excluding carboxylic acids is 1. The van der Waals surface area contributed by atoms with E-state index in [1.165, 1.54) is 122 Å². The zero-order chi connectivity index (χ0) is 25.5. The lowest BCUT2D eigenvalue weighted by molar-refractivity contribution is -0.119. The molecule has 0 radical (unpaired) electrons. The minimum atomic E-state index is 0.453. The number of hydrogen-bond donors (Lipinski definition) is 0. The van der Waals surface area contributed by atoms with E-state index in [4.69, 9.17) is 9.47 Å². The Bertz CT molecular complexity index is 523. The number of ether oxygens (including phenoxy) is 2. The van der Waals surface area contributed by atoms with Crippen LogP contribution in [0.3, 0.4) is 0 Å². The highest BCUT2D eigenvalue weighted by Crippen LogP contribution is 2.27. The summed E-state index contributed by atoms with van der Waals surface area (Å²) in [6.45, 7) is 4.17. The topological polar surface area (TPSA) is 35.5 Å². The lowest BCUT2D eigenvalue weighted by atomic mass is 9.97. The van der Waals surface area contributed by atoms with E-state index in [1.54, 1.807) is 5.57 Å². The Morgan fingerprint density at radius 3 is 1.53 bits per heavy atom. The third-order valence-electron chi connectivity index (χ3n) is 8.18. The monoisotopic (exact) mass is 504 g/mol. The first-order valence-electron chi connectivity index (χ1n) is 16.2. The lowest BCUT2D eigenvalue weighted by Gasteiger charge is -2.16. The second-order valence-corrected chi connectivity index (χ2v) is 11.7. The van der Waals surface area contributed by atoms with Gasteiger partial charge >= 0.3 is 0 Å². The summed E-state index contributed by atoms with van der Waals surface area (Å²) in [5.74, 6) is 0.506. The molecule has 2 aliphatic heterocycles. The Hall–Kier alpha value is -0.670. The number of Topliss-reactive ketones (excluding diaryl/α,β-unsaturated/α-hetero) is 1. The second kappa shape index (κ2) is 22.3. The fourth-order valence-corrected chi connectivity index (χ4v) is 5.86. The molecule has 0 saturated carbocycles. The van der Waals surface area contributed by atoms with Crippen LogP contribution in [0.1, 0.15) is 167 Å². The summed E-state index contributed by atoms with van der Waals surface area (Å²) in [6, 6.07) is 0. The van der Waals surface area contributed by atoms with Crippen LogP contribution in [0.5, 0.6) is 0 Å². The van der Waals surface area contributed by atoms with Gasteiger partial charge in [-0.1, -0.05) is 102 Å². The summed E-state index contributed by atoms with van der Waals surface area (Å²) in [5.41, 5.74) is 1.58. The molecule has 0 aliphatic carbocycles. The Labute approximate surface area is 224 Å². The van der Waals surface area contributed by atoms with Gasteiger partial charge in [-0.05, 0) is 64.2 Å². The largest absolute Gasteiger partial charge is 0.378 e. The van der Waals surface area contributed by atoms with Gasteiger partial charge in [0.25, 0.3) is 0 Å². The van der Waals surface area contributed by atoms with Gasteiger partial charge in [-0.3, -0.25) is 4.79 Å². The number of carbonyl (C=O) groups is 1. The van der Waals surface area contributed by atoms with Gasteiger partial charge in [-0.2, -0.15) is 0 Å². The maximum absolute atomic E-state index is 12.1. The van der Waals surface area contributed by atoms with E-state index in [0.717, 1.165) is 51.7 Å². The Balaban J connectivity index is 1.38. The first-order chi connectivity index (χ1) is 17.8. The molecule has 36 heavy (non-hydrogen) atoms. The summed E-state index contributed by atoms with van der Waals surface area (Å²) < 4.78 is 11.8. The standard InChI is InChI=1S/C33H60O3/c1-2-3-4-5-6-7-11-14-17-22-31(34)23-18-15-12-9-8-10-13-16-21-30(28-32-24-19-26-35-32)29-33-25-20-27-36-33/h21,32-33H,2-20,22-29H2,1H3. The third kappa shape index (κ3) is 17.0. The van der Waals surface area contributed by atoms with Crippen molar-refractivity contribution in [2.45, 2.75) is 180 Å². The van der Waals surface area contributed by atoms with Crippen molar-refractivity contribution in [1.82, 2.24) is 0 Å². The molecule has 0 spiro atoms. The summed E-state index contributed by atoms with van der Waals surface area (Å²) in [4.78, 5) is 12.1. The van der Waals surface area contributed by atoms with Crippen molar-refractivity contribution in [1.29, 1.82) is 0 Å². The molecule has 0 bridgehead atoms. The number of rotatable bonds is 24. The minimum absolute atomic E-state index is 0.453. The average Bonchev–Trinajstić information content (AvgIpc) is 3.58. The predicted octanol–water partition coefficient (Wildman–Crippen LogP) is 10.1. The van der Waals surface area contributed by atoms with Crippen molar-refractivity contribution in [3.05, 3.63) is 11.6 Å². The SMILES string of the molecule is CCCCCCCCCCCC(=O)CCCCCCCCCC=C(CC1CCCO1)CC1CCCO1. The molecule has 3 nitrogen and oxygen atoms in total. The molecule has 3 heteroatoms. The van der Waals surface area contributed by atoms with Crippen LogP contribution in [-0.2, 0) is 14.3 Å². The van der Waals surface area contributed by atoms with Gasteiger partial charge in [-0.15, -0.1) is 0 Å². The molecule has 210 valence electrons. The first kappa shape index (κ1) is 31.5. The van der Waals surface area contributed by atoms with Crippen LogP contribution in [0.2, 0.25) is 0 Å². The molecular formula is C33H60O3. The van der Waals surface area contributed by atoms with Crippen LogP contribution in [0.4, 0.5) is 0 Å². The van der Waals surface area contributed by atoms with Crippen molar-refractivity contribution >= 4 is 5.78 Å². The van der Waals surface area contributed by atoms with Crippen LogP contribution in [0.15, 0.2) is 11.6 Å². The van der Waals surface area contributed by atoms with E-state index in [9.17, 15) is 4.79 Å². The first-order valence-corrected chi connectivity index (χ1v) is 16.2. The molecule has 2 atom stereocenters. The second-order valence-electron chi connectivity index (χ2n) is 11.7. The summed E-state index contributed by atoms with van der Waals surface area (Å²) in [5, 5.41) is 0. The number of unbranched alkanes of at least 4 members (excludes halogenated alkanes) is 15. The van der Waals surface area contributed by atoms with Gasteiger partial charge < -0.3 is 9.47 Å². The Kier molecular flexibility index (Phi) is 19.6. The van der Waals surface area contributed by atoms with Crippen LogP contribution >= 0.6 is 0 Å². The van der Waals surface area contributed by atoms with Crippen molar-refractivity contribution in [3.8, 4) is 0 Å². The van der Waals surface area contributed by atoms with Crippen LogP contribution < -0.4 is 0 Å². The molecule has 2 fully saturated rings. The van der Waals surface area contributed by atoms with E-state index in [2.05, 4.69) is 13.0 Å². The van der Waals surface area contributed by atoms with Gasteiger partial charge in [0, 0.05) is 26.1 Å². The van der Waals surface area contributed by atoms with E-state index in [1.807, 2.05) is 0 Å². The molecule has 0 N–H and O–H groups in total. The van der Waals surface area contributed by atoms with Gasteiger partial charge in [-0.25, -0.2) is 0 Å². The molecule has 2 saturated heterocycles. The predicted molar refractivity (Wildman–Crippen MR) is 154 cm³/mol. The quantitative estimate of drug-likeness (QED) is 0.0968. The van der Waals surface area contributed by atoms with E-state index < -0.39 is 0 Å². The summed E-state index contributed by atoms with van der Waals surface area (Å²) in [6.07, 6.45) is 34.3. The van der Waals surface area contributed by atoms with Gasteiger partial charge in [0.2, 0.25) is 0 Å². The van der Waals surface area contributed by atoms with Crippen LogP contribution in [0, 0.1) is 0 Å². The molecular weight excluding hydrogens is 444 g/mol. The van der Waals surface area contributed by atoms with Gasteiger partial charge in [0.1, 0.15) is 5.78 Å². The fraction of sp³-hybridized carbons (Fsp3) is 0.909. The van der Waals surface area contributed by atoms with Crippen molar-refractivity contribution in [2.24, 2.45) is 0 Å². The Morgan fingerprint density at radius 2 is 1.08 bits per heavy atom. The van der Waals surface area contributed by atoms with Crippen molar-refractivity contribution < 1.29 is 14.3 Å². The van der Waals surface area contributed by atoms with Crippen LogP contribution in [0.25, 0.3) is 0 Å². The molecule has 2 aliphatic rings. The summed E-state index contributed by atoms with van der Waals surface area (Å²) in [7, 11) is 0. The maximum atomic E-state index is 12.1. The fourth-order valence-electron chi connectivity index (χ4n) is 5.86. The minimum Gasteiger partial charge on any atom is -0.378 e. The van der Waals surface area contributed by atoms with Gasteiger partial charge in [0.15, 0.2) is 0 Å². The Morgan fingerprint density at radius 1 is 0.639 bits per heavy atom. The average molecular weight is 505 g/mol. The van der Waals surface area contributed by atoms with Crippen molar-refractivity contribution in [2.75, 3.05) is 13.2 Å². The molecule has 0 amide bonds. The van der Waals surface area contributed by atoms with E-state index in [0.29, 0.717) is 18.0 Å². The smallest absolute Gasteiger partial charge is 0.132 e. The molecule has 2 heterocycles. The number of hydrogen-bond acceptors (Lipinski definition) is 3. The number of ketones is 1. The normalized spacial score (nSPS) is 19.7. The number of allylic oxidation sites excluding steroid dienone is 1. The zero-order valence-corrected chi connectivity index (χ0v) is 24.0. The third-order valence-corrected chi connectivity index (χ3v) is 8.18. The molecule has 0 aromatic heterocycles. The zero-order valence-electron chi connectivity index (χ0n) is 24.0. The van der Waals surface area contributed by atoms with E-state index in [-0.39, 0.29) is 0 Å². The van der Waals surface area contributed by atoms with E-state index >= 15 is 0 Å². The lowest BCUT2D eigenvalue weighted by Crippen LogP contribution is -2.11. The van der Waals surface area contributed by atoms with Gasteiger partial charge in [0.05, 0.1) is 12.2 Å². The summed E-state index contributed by atoms with van der Waals surface area (Å²) >= 11 is 0. The van der Waals surface area contributed by atoms with Crippen LogP contribution in [-0.4, -0.2) is 31.2 Å². The highest BCUT2D eigenvalue weighted by molar-refractivity contribution is 5.78. The van der Waals surface area contributed by atoms with Crippen molar-refractivity contribution in [3.63, 3.8) is 0 Å².